The zero-order valence-electron chi connectivity index (χ0n) is 11.2. The summed E-state index contributed by atoms with van der Waals surface area (Å²) >= 11 is 3.22. The SMILES string of the molecule is O=[N+]([O-])c1ccc(CCNCc2cccc(F)c2Br)cc1. The third-order valence-electron chi connectivity index (χ3n) is 3.08. The van der Waals surface area contributed by atoms with Gasteiger partial charge in [0, 0.05) is 18.7 Å². The lowest BCUT2D eigenvalue weighted by Gasteiger charge is -2.07. The molecule has 0 spiro atoms. The van der Waals surface area contributed by atoms with E-state index in [4.69, 9.17) is 0 Å². The summed E-state index contributed by atoms with van der Waals surface area (Å²) in [6.45, 7) is 1.27. The first kappa shape index (κ1) is 15.6. The Balaban J connectivity index is 1.82. The number of hydrogen-bond acceptors (Lipinski definition) is 3. The van der Waals surface area contributed by atoms with Crippen molar-refractivity contribution in [1.82, 2.24) is 5.32 Å². The highest BCUT2D eigenvalue weighted by molar-refractivity contribution is 9.10. The summed E-state index contributed by atoms with van der Waals surface area (Å²) in [6.07, 6.45) is 0.755. The van der Waals surface area contributed by atoms with Crippen LogP contribution in [0.25, 0.3) is 0 Å². The van der Waals surface area contributed by atoms with Crippen molar-refractivity contribution in [2.24, 2.45) is 0 Å². The van der Waals surface area contributed by atoms with Crippen LogP contribution in [0.2, 0.25) is 0 Å². The molecule has 21 heavy (non-hydrogen) atoms. The Morgan fingerprint density at radius 3 is 2.57 bits per heavy atom. The molecule has 0 aliphatic rings. The zero-order valence-corrected chi connectivity index (χ0v) is 12.8. The van der Waals surface area contributed by atoms with Gasteiger partial charge in [-0.2, -0.15) is 0 Å². The molecule has 0 bridgehead atoms. The van der Waals surface area contributed by atoms with Crippen molar-refractivity contribution >= 4 is 21.6 Å². The summed E-state index contributed by atoms with van der Waals surface area (Å²) in [4.78, 5) is 10.1. The number of nitro groups is 1. The van der Waals surface area contributed by atoms with E-state index in [9.17, 15) is 14.5 Å². The average Bonchev–Trinajstić information content (AvgIpc) is 2.48. The first-order valence-electron chi connectivity index (χ1n) is 6.45. The Bertz CT molecular complexity index is 632. The molecule has 0 radical (unpaired) electrons. The monoisotopic (exact) mass is 352 g/mol. The van der Waals surface area contributed by atoms with E-state index in [0.29, 0.717) is 17.6 Å². The van der Waals surface area contributed by atoms with Gasteiger partial charge in [0.2, 0.25) is 0 Å². The molecule has 6 heteroatoms. The lowest BCUT2D eigenvalue weighted by molar-refractivity contribution is -0.384. The minimum absolute atomic E-state index is 0.0930. The van der Waals surface area contributed by atoms with Crippen molar-refractivity contribution in [1.29, 1.82) is 0 Å². The minimum Gasteiger partial charge on any atom is -0.312 e. The van der Waals surface area contributed by atoms with Crippen LogP contribution in [0.15, 0.2) is 46.9 Å². The maximum absolute atomic E-state index is 13.3. The molecule has 2 rings (SSSR count). The maximum atomic E-state index is 13.3. The van der Waals surface area contributed by atoms with E-state index in [0.717, 1.165) is 17.5 Å². The third-order valence-corrected chi connectivity index (χ3v) is 3.97. The van der Waals surface area contributed by atoms with Crippen molar-refractivity contribution in [2.75, 3.05) is 6.54 Å². The van der Waals surface area contributed by atoms with Crippen molar-refractivity contribution in [2.45, 2.75) is 13.0 Å². The molecular weight excluding hydrogens is 339 g/mol. The van der Waals surface area contributed by atoms with Crippen LogP contribution in [0, 0.1) is 15.9 Å². The van der Waals surface area contributed by atoms with Crippen LogP contribution in [-0.2, 0) is 13.0 Å². The first-order valence-corrected chi connectivity index (χ1v) is 7.24. The Labute approximate surface area is 130 Å². The molecule has 0 heterocycles. The number of benzene rings is 2. The molecule has 2 aromatic carbocycles. The van der Waals surface area contributed by atoms with Gasteiger partial charge < -0.3 is 5.32 Å². The van der Waals surface area contributed by atoms with Crippen molar-refractivity contribution in [3.05, 3.63) is 74.0 Å². The van der Waals surface area contributed by atoms with Crippen LogP contribution in [0.1, 0.15) is 11.1 Å². The topological polar surface area (TPSA) is 55.2 Å². The number of non-ortho nitro benzene ring substituents is 1. The zero-order chi connectivity index (χ0) is 15.2. The highest BCUT2D eigenvalue weighted by Gasteiger charge is 2.05. The fraction of sp³-hybridized carbons (Fsp3) is 0.200. The van der Waals surface area contributed by atoms with E-state index in [-0.39, 0.29) is 11.5 Å². The number of halogens is 2. The van der Waals surface area contributed by atoms with Crippen LogP contribution in [0.4, 0.5) is 10.1 Å². The second kappa shape index (κ2) is 7.28. The van der Waals surface area contributed by atoms with Crippen molar-refractivity contribution < 1.29 is 9.31 Å². The summed E-state index contributed by atoms with van der Waals surface area (Å²) in [5, 5.41) is 13.8. The molecule has 0 aliphatic carbocycles. The highest BCUT2D eigenvalue weighted by atomic mass is 79.9. The first-order chi connectivity index (χ1) is 10.1. The molecule has 0 fully saturated rings. The van der Waals surface area contributed by atoms with Crippen LogP contribution in [0.5, 0.6) is 0 Å². The van der Waals surface area contributed by atoms with Crippen LogP contribution in [-0.4, -0.2) is 11.5 Å². The summed E-state index contributed by atoms with van der Waals surface area (Å²) in [6, 6.07) is 11.4. The molecule has 0 saturated heterocycles. The number of nitrogens with zero attached hydrogens (tertiary/aromatic N) is 1. The molecule has 1 N–H and O–H groups in total. The number of nitro benzene ring substituents is 1. The third kappa shape index (κ3) is 4.34. The maximum Gasteiger partial charge on any atom is 0.269 e. The van der Waals surface area contributed by atoms with Gasteiger partial charge in [-0.1, -0.05) is 24.3 Å². The molecule has 2 aromatic rings. The second-order valence-electron chi connectivity index (χ2n) is 4.56. The largest absolute Gasteiger partial charge is 0.312 e. The van der Waals surface area contributed by atoms with Gasteiger partial charge in [0.05, 0.1) is 9.40 Å². The Kier molecular flexibility index (Phi) is 5.41. The number of hydrogen-bond donors (Lipinski definition) is 1. The van der Waals surface area contributed by atoms with Gasteiger partial charge in [-0.05, 0) is 46.1 Å². The molecule has 4 nitrogen and oxygen atoms in total. The molecule has 0 unspecified atom stereocenters. The predicted molar refractivity (Wildman–Crippen MR) is 82.6 cm³/mol. The molecule has 0 atom stereocenters. The fourth-order valence-corrected chi connectivity index (χ4v) is 2.33. The van der Waals surface area contributed by atoms with E-state index in [1.54, 1.807) is 18.2 Å². The van der Waals surface area contributed by atoms with E-state index < -0.39 is 4.92 Å². The lowest BCUT2D eigenvalue weighted by atomic mass is 10.1. The summed E-state index contributed by atoms with van der Waals surface area (Å²) < 4.78 is 13.8. The molecule has 0 aliphatic heterocycles. The highest BCUT2D eigenvalue weighted by Crippen LogP contribution is 2.20. The Morgan fingerprint density at radius 1 is 1.19 bits per heavy atom. The summed E-state index contributed by atoms with van der Waals surface area (Å²) in [5.74, 6) is -0.273. The Morgan fingerprint density at radius 2 is 1.90 bits per heavy atom. The fourth-order valence-electron chi connectivity index (χ4n) is 1.93. The van der Waals surface area contributed by atoms with E-state index >= 15 is 0 Å². The normalized spacial score (nSPS) is 10.6. The van der Waals surface area contributed by atoms with Crippen LogP contribution < -0.4 is 5.32 Å². The van der Waals surface area contributed by atoms with Gasteiger partial charge in [-0.3, -0.25) is 10.1 Å². The van der Waals surface area contributed by atoms with Gasteiger partial charge in [-0.15, -0.1) is 0 Å². The van der Waals surface area contributed by atoms with E-state index in [1.165, 1.54) is 18.2 Å². The van der Waals surface area contributed by atoms with Gasteiger partial charge in [0.15, 0.2) is 0 Å². The molecule has 0 aromatic heterocycles. The van der Waals surface area contributed by atoms with Crippen molar-refractivity contribution in [3.8, 4) is 0 Å². The van der Waals surface area contributed by atoms with Crippen LogP contribution >= 0.6 is 15.9 Å². The number of nitrogens with one attached hydrogen (secondary N) is 1. The van der Waals surface area contributed by atoms with Gasteiger partial charge in [0.1, 0.15) is 5.82 Å². The standard InChI is InChI=1S/C15H14BrFN2O2/c16-15-12(2-1-3-14(15)17)10-18-9-8-11-4-6-13(7-5-11)19(20)21/h1-7,18H,8-10H2. The quantitative estimate of drug-likeness (QED) is 0.488. The summed E-state index contributed by atoms with van der Waals surface area (Å²) in [7, 11) is 0. The van der Waals surface area contributed by atoms with Crippen LogP contribution in [0.3, 0.4) is 0 Å². The molecule has 0 amide bonds. The molecule has 0 saturated carbocycles. The second-order valence-corrected chi connectivity index (χ2v) is 5.36. The van der Waals surface area contributed by atoms with E-state index in [2.05, 4.69) is 21.2 Å². The van der Waals surface area contributed by atoms with Gasteiger partial charge in [-0.25, -0.2) is 4.39 Å². The smallest absolute Gasteiger partial charge is 0.269 e. The lowest BCUT2D eigenvalue weighted by Crippen LogP contribution is -2.17. The molecular formula is C15H14BrFN2O2. The minimum atomic E-state index is -0.413. The molecule has 110 valence electrons. The Hall–Kier alpha value is -1.79. The van der Waals surface area contributed by atoms with Gasteiger partial charge in [0.25, 0.3) is 5.69 Å². The predicted octanol–water partition coefficient (Wildman–Crippen LogP) is 3.83. The van der Waals surface area contributed by atoms with Crippen molar-refractivity contribution in [3.63, 3.8) is 0 Å². The number of rotatable bonds is 6. The average molecular weight is 353 g/mol. The van der Waals surface area contributed by atoms with E-state index in [1.807, 2.05) is 6.07 Å². The van der Waals surface area contributed by atoms with Gasteiger partial charge >= 0.3 is 0 Å². The summed E-state index contributed by atoms with van der Waals surface area (Å²) in [5.41, 5.74) is 1.97.